The zero-order valence-electron chi connectivity index (χ0n) is 16.3. The number of aliphatic hydroxyl groups is 1. The Labute approximate surface area is 175 Å². The van der Waals surface area contributed by atoms with Crippen LogP contribution in [0, 0.1) is 5.41 Å². The van der Waals surface area contributed by atoms with Crippen LogP contribution in [0.3, 0.4) is 0 Å². The molecule has 3 aliphatic rings. The average Bonchev–Trinajstić information content (AvgIpc) is 2.66. The Hall–Kier alpha value is -1.14. The number of carbonyl (C=O) groups is 2. The van der Waals surface area contributed by atoms with Gasteiger partial charge in [-0.2, -0.15) is 0 Å². The summed E-state index contributed by atoms with van der Waals surface area (Å²) in [5.41, 5.74) is 2.57. The average molecular weight is 429 g/mol. The molecular weight excluding hydrogens is 403 g/mol. The molecule has 2 unspecified atom stereocenters. The summed E-state index contributed by atoms with van der Waals surface area (Å²) in [7, 11) is 0. The van der Waals surface area contributed by atoms with E-state index in [-0.39, 0.29) is 34.3 Å². The SMILES string of the molecule is CCCC12CCC(=O)C=C1C1=C(CC2)CC(O)(OCC(=O)OCC)C(Cl)=C1Cl. The number of ketones is 1. The van der Waals surface area contributed by atoms with Crippen molar-refractivity contribution in [1.82, 2.24) is 0 Å². The largest absolute Gasteiger partial charge is 0.464 e. The molecule has 0 aromatic carbocycles. The van der Waals surface area contributed by atoms with Gasteiger partial charge in [0.2, 0.25) is 5.79 Å². The van der Waals surface area contributed by atoms with Crippen molar-refractivity contribution < 1.29 is 24.2 Å². The summed E-state index contributed by atoms with van der Waals surface area (Å²) in [6, 6.07) is 0. The molecule has 0 aromatic rings. The lowest BCUT2D eigenvalue weighted by molar-refractivity contribution is -0.188. The molecule has 154 valence electrons. The molecule has 7 heteroatoms. The molecule has 0 heterocycles. The first-order valence-corrected chi connectivity index (χ1v) is 10.6. The third-order valence-corrected chi connectivity index (χ3v) is 6.88. The topological polar surface area (TPSA) is 72.8 Å². The Morgan fingerprint density at radius 2 is 1.96 bits per heavy atom. The van der Waals surface area contributed by atoms with Gasteiger partial charge in [-0.15, -0.1) is 0 Å². The van der Waals surface area contributed by atoms with Gasteiger partial charge in [0.05, 0.1) is 16.7 Å². The van der Waals surface area contributed by atoms with Crippen LogP contribution in [0.25, 0.3) is 0 Å². The van der Waals surface area contributed by atoms with Crippen LogP contribution in [-0.4, -0.2) is 35.9 Å². The molecule has 0 fully saturated rings. The van der Waals surface area contributed by atoms with Crippen LogP contribution >= 0.6 is 23.2 Å². The van der Waals surface area contributed by atoms with Crippen molar-refractivity contribution in [3.63, 3.8) is 0 Å². The van der Waals surface area contributed by atoms with Crippen molar-refractivity contribution in [2.45, 2.75) is 64.6 Å². The maximum absolute atomic E-state index is 12.2. The summed E-state index contributed by atoms with van der Waals surface area (Å²) in [4.78, 5) is 23.8. The van der Waals surface area contributed by atoms with E-state index in [4.69, 9.17) is 32.7 Å². The van der Waals surface area contributed by atoms with E-state index in [1.54, 1.807) is 13.0 Å². The zero-order chi connectivity index (χ0) is 20.5. The van der Waals surface area contributed by atoms with E-state index in [9.17, 15) is 14.7 Å². The van der Waals surface area contributed by atoms with Crippen molar-refractivity contribution in [3.8, 4) is 0 Å². The predicted octanol–water partition coefficient (Wildman–Crippen LogP) is 4.51. The minimum absolute atomic E-state index is 0.0524. The second kappa shape index (κ2) is 8.31. The van der Waals surface area contributed by atoms with E-state index in [2.05, 4.69) is 6.92 Å². The highest BCUT2D eigenvalue weighted by Gasteiger charge is 2.48. The first-order chi connectivity index (χ1) is 13.3. The zero-order valence-corrected chi connectivity index (χ0v) is 17.8. The molecule has 0 saturated carbocycles. The van der Waals surface area contributed by atoms with E-state index in [1.165, 1.54) is 0 Å². The number of fused-ring (bicyclic) bond motifs is 2. The fourth-order valence-corrected chi connectivity index (χ4v) is 5.24. The minimum atomic E-state index is -1.87. The van der Waals surface area contributed by atoms with Crippen molar-refractivity contribution in [3.05, 3.63) is 32.9 Å². The van der Waals surface area contributed by atoms with Crippen molar-refractivity contribution >= 4 is 35.0 Å². The molecule has 1 N–H and O–H groups in total. The molecule has 0 aromatic heterocycles. The maximum Gasteiger partial charge on any atom is 0.332 e. The van der Waals surface area contributed by atoms with Crippen LogP contribution in [0.15, 0.2) is 32.9 Å². The van der Waals surface area contributed by atoms with Crippen molar-refractivity contribution in [1.29, 1.82) is 0 Å². The van der Waals surface area contributed by atoms with E-state index < -0.39 is 18.4 Å². The van der Waals surface area contributed by atoms with Gasteiger partial charge in [-0.25, -0.2) is 4.79 Å². The molecule has 28 heavy (non-hydrogen) atoms. The number of ether oxygens (including phenoxy) is 2. The summed E-state index contributed by atoms with van der Waals surface area (Å²) in [5, 5.41) is 11.1. The predicted molar refractivity (Wildman–Crippen MR) is 107 cm³/mol. The molecule has 0 amide bonds. The maximum atomic E-state index is 12.2. The van der Waals surface area contributed by atoms with E-state index in [0.717, 1.165) is 48.8 Å². The Balaban J connectivity index is 1.95. The third-order valence-electron chi connectivity index (χ3n) is 5.93. The smallest absolute Gasteiger partial charge is 0.332 e. The molecule has 0 bridgehead atoms. The van der Waals surface area contributed by atoms with E-state index >= 15 is 0 Å². The number of hydrogen-bond acceptors (Lipinski definition) is 5. The highest BCUT2D eigenvalue weighted by molar-refractivity contribution is 6.42. The number of rotatable bonds is 6. The molecule has 5 nitrogen and oxygen atoms in total. The molecule has 3 aliphatic carbocycles. The standard InChI is InChI=1S/C21H26Cl2O5/c1-3-7-20-8-5-13-11-21(26,28-12-16(25)27-4-2)19(23)18(22)17(13)15(20)10-14(24)6-9-20/h10,26H,3-9,11-12H2,1-2H3. The number of carbonyl (C=O) groups excluding carboxylic acids is 2. The van der Waals surface area contributed by atoms with Gasteiger partial charge in [0.15, 0.2) is 5.78 Å². The second-order valence-corrected chi connectivity index (χ2v) is 8.47. The van der Waals surface area contributed by atoms with Crippen LogP contribution in [0.2, 0.25) is 0 Å². The minimum Gasteiger partial charge on any atom is -0.464 e. The first kappa shape index (κ1) is 21.6. The molecular formula is C21H26Cl2O5. The van der Waals surface area contributed by atoms with Crippen molar-refractivity contribution in [2.75, 3.05) is 13.2 Å². The molecule has 2 atom stereocenters. The number of esters is 1. The lowest BCUT2D eigenvalue weighted by atomic mass is 9.59. The van der Waals surface area contributed by atoms with E-state index in [0.29, 0.717) is 6.42 Å². The summed E-state index contributed by atoms with van der Waals surface area (Å²) in [5.74, 6) is -2.35. The lowest BCUT2D eigenvalue weighted by Crippen LogP contribution is -2.41. The van der Waals surface area contributed by atoms with Gasteiger partial charge in [0.25, 0.3) is 0 Å². The van der Waals surface area contributed by atoms with Crippen LogP contribution in [-0.2, 0) is 19.1 Å². The molecule has 0 aliphatic heterocycles. The highest BCUT2D eigenvalue weighted by atomic mass is 35.5. The van der Waals surface area contributed by atoms with Gasteiger partial charge in [-0.3, -0.25) is 4.79 Å². The number of halogens is 2. The Bertz CT molecular complexity index is 782. The Morgan fingerprint density at radius 1 is 1.25 bits per heavy atom. The monoisotopic (exact) mass is 428 g/mol. The van der Waals surface area contributed by atoms with Gasteiger partial charge in [0, 0.05) is 12.8 Å². The fourth-order valence-electron chi connectivity index (χ4n) is 4.64. The van der Waals surface area contributed by atoms with Crippen LogP contribution in [0.5, 0.6) is 0 Å². The summed E-state index contributed by atoms with van der Waals surface area (Å²) in [6.45, 7) is 3.63. The molecule has 0 radical (unpaired) electrons. The summed E-state index contributed by atoms with van der Waals surface area (Å²) in [6.07, 6.45) is 6.82. The van der Waals surface area contributed by atoms with Crippen molar-refractivity contribution in [2.24, 2.45) is 5.41 Å². The Morgan fingerprint density at radius 3 is 2.64 bits per heavy atom. The second-order valence-electron chi connectivity index (χ2n) is 7.72. The Kier molecular flexibility index (Phi) is 6.40. The van der Waals surface area contributed by atoms with Gasteiger partial charge in [-0.1, -0.05) is 42.1 Å². The van der Waals surface area contributed by atoms with Gasteiger partial charge in [-0.05, 0) is 55.2 Å². The van der Waals surface area contributed by atoms with Crippen LogP contribution < -0.4 is 0 Å². The molecule has 0 spiro atoms. The molecule has 0 saturated heterocycles. The van der Waals surface area contributed by atoms with Gasteiger partial charge in [0.1, 0.15) is 6.61 Å². The van der Waals surface area contributed by atoms with E-state index in [1.807, 2.05) is 0 Å². The summed E-state index contributed by atoms with van der Waals surface area (Å²) >= 11 is 13.0. The number of allylic oxidation sites excluding steroid dienone is 4. The molecule has 3 rings (SSSR count). The lowest BCUT2D eigenvalue weighted by Gasteiger charge is -2.47. The first-order valence-electron chi connectivity index (χ1n) is 9.82. The fraction of sp³-hybridized carbons (Fsp3) is 0.619. The summed E-state index contributed by atoms with van der Waals surface area (Å²) < 4.78 is 10.3. The normalized spacial score (nSPS) is 30.0. The van der Waals surface area contributed by atoms with Gasteiger partial charge >= 0.3 is 5.97 Å². The quantitative estimate of drug-likeness (QED) is 0.497. The third kappa shape index (κ3) is 3.82. The highest BCUT2D eigenvalue weighted by Crippen LogP contribution is 2.58. The van der Waals surface area contributed by atoms with Crippen LogP contribution in [0.1, 0.15) is 58.8 Å². The van der Waals surface area contributed by atoms with Gasteiger partial charge < -0.3 is 14.6 Å². The van der Waals surface area contributed by atoms with Crippen LogP contribution in [0.4, 0.5) is 0 Å². The number of hydrogen-bond donors (Lipinski definition) is 1.